The van der Waals surface area contributed by atoms with Gasteiger partial charge >= 0.3 is 5.97 Å². The average molecular weight is 251 g/mol. The van der Waals surface area contributed by atoms with Crippen molar-refractivity contribution in [3.63, 3.8) is 0 Å². The second-order valence-corrected chi connectivity index (χ2v) is 4.10. The van der Waals surface area contributed by atoms with E-state index in [0.29, 0.717) is 0 Å². The second kappa shape index (κ2) is 7.66. The van der Waals surface area contributed by atoms with Gasteiger partial charge in [-0.05, 0) is 31.6 Å². The molecule has 0 saturated carbocycles. The third-order valence-electron chi connectivity index (χ3n) is 2.73. The zero-order chi connectivity index (χ0) is 13.4. The van der Waals surface area contributed by atoms with Gasteiger partial charge in [-0.3, -0.25) is 0 Å². The van der Waals surface area contributed by atoms with Gasteiger partial charge in [0.2, 0.25) is 0 Å². The van der Waals surface area contributed by atoms with Crippen molar-refractivity contribution in [3.05, 3.63) is 24.0 Å². The maximum Gasteiger partial charge on any atom is 0.354 e. The van der Waals surface area contributed by atoms with Crippen LogP contribution in [0.25, 0.3) is 0 Å². The van der Waals surface area contributed by atoms with Crippen LogP contribution in [0.4, 0.5) is 5.69 Å². The molecular formula is C13H21N3O2. The normalized spacial score (nSPS) is 10.6. The number of aromatic nitrogens is 1. The van der Waals surface area contributed by atoms with Gasteiger partial charge in [0.15, 0.2) is 0 Å². The molecule has 0 unspecified atom stereocenters. The summed E-state index contributed by atoms with van der Waals surface area (Å²) in [6, 6.07) is 3.25. The predicted molar refractivity (Wildman–Crippen MR) is 72.1 cm³/mol. The summed E-state index contributed by atoms with van der Waals surface area (Å²) < 4.78 is 0. The number of hydrogen-bond donors (Lipinski definition) is 2. The van der Waals surface area contributed by atoms with Crippen LogP contribution in [0, 0.1) is 0 Å². The average Bonchev–Trinajstić information content (AvgIpc) is 2.38. The highest BCUT2D eigenvalue weighted by Crippen LogP contribution is 2.05. The summed E-state index contributed by atoms with van der Waals surface area (Å²) >= 11 is 0. The van der Waals surface area contributed by atoms with Gasteiger partial charge < -0.3 is 15.3 Å². The first-order valence-electron chi connectivity index (χ1n) is 6.33. The lowest BCUT2D eigenvalue weighted by Gasteiger charge is -2.19. The molecule has 0 aliphatic carbocycles. The van der Waals surface area contributed by atoms with Crippen LogP contribution in [0.15, 0.2) is 18.3 Å². The van der Waals surface area contributed by atoms with E-state index in [-0.39, 0.29) is 5.69 Å². The number of aromatic carboxylic acids is 1. The van der Waals surface area contributed by atoms with E-state index in [1.807, 2.05) is 0 Å². The van der Waals surface area contributed by atoms with E-state index < -0.39 is 5.97 Å². The fraction of sp³-hybridized carbons (Fsp3) is 0.538. The molecule has 0 amide bonds. The molecule has 0 aliphatic heterocycles. The SMILES string of the molecule is CCCN(CC)CCNc1ccc(C(=O)O)nc1. The molecule has 0 aromatic carbocycles. The minimum Gasteiger partial charge on any atom is -0.477 e. The van der Waals surface area contributed by atoms with Crippen LogP contribution in [-0.4, -0.2) is 47.1 Å². The van der Waals surface area contributed by atoms with E-state index in [0.717, 1.165) is 38.3 Å². The zero-order valence-electron chi connectivity index (χ0n) is 11.0. The molecule has 1 rings (SSSR count). The zero-order valence-corrected chi connectivity index (χ0v) is 11.0. The highest BCUT2D eigenvalue weighted by molar-refractivity contribution is 5.85. The molecule has 0 aliphatic rings. The molecule has 1 aromatic heterocycles. The molecule has 5 nitrogen and oxygen atoms in total. The van der Waals surface area contributed by atoms with Crippen LogP contribution in [0.2, 0.25) is 0 Å². The minimum absolute atomic E-state index is 0.0710. The highest BCUT2D eigenvalue weighted by atomic mass is 16.4. The standard InChI is InChI=1S/C13H21N3O2/c1-3-8-16(4-2)9-7-14-11-5-6-12(13(17)18)15-10-11/h5-6,10,14H,3-4,7-9H2,1-2H3,(H,17,18). The van der Waals surface area contributed by atoms with E-state index in [9.17, 15) is 4.79 Å². The van der Waals surface area contributed by atoms with Crippen LogP contribution in [0.3, 0.4) is 0 Å². The summed E-state index contributed by atoms with van der Waals surface area (Å²) in [6.07, 6.45) is 2.71. The summed E-state index contributed by atoms with van der Waals surface area (Å²) in [4.78, 5) is 16.9. The number of hydrogen-bond acceptors (Lipinski definition) is 4. The number of carbonyl (C=O) groups is 1. The van der Waals surface area contributed by atoms with E-state index in [1.54, 1.807) is 12.3 Å². The third-order valence-corrected chi connectivity index (χ3v) is 2.73. The molecule has 0 saturated heterocycles. The quantitative estimate of drug-likeness (QED) is 0.739. The molecule has 0 radical (unpaired) electrons. The van der Waals surface area contributed by atoms with Crippen molar-refractivity contribution in [2.24, 2.45) is 0 Å². The molecule has 100 valence electrons. The smallest absolute Gasteiger partial charge is 0.354 e. The Kier molecular flexibility index (Phi) is 6.14. The summed E-state index contributed by atoms with van der Waals surface area (Å²) in [6.45, 7) is 8.29. The predicted octanol–water partition coefficient (Wildman–Crippen LogP) is 1.92. The van der Waals surface area contributed by atoms with Gasteiger partial charge in [0.1, 0.15) is 5.69 Å². The maximum atomic E-state index is 10.6. The van der Waals surface area contributed by atoms with Crippen molar-refractivity contribution in [3.8, 4) is 0 Å². The number of likely N-dealkylation sites (N-methyl/N-ethyl adjacent to an activating group) is 1. The van der Waals surface area contributed by atoms with Gasteiger partial charge in [0.25, 0.3) is 0 Å². The number of anilines is 1. The number of nitrogens with zero attached hydrogens (tertiary/aromatic N) is 2. The number of carboxylic acids is 1. The molecule has 18 heavy (non-hydrogen) atoms. The van der Waals surface area contributed by atoms with Crippen LogP contribution in [0.1, 0.15) is 30.8 Å². The Balaban J connectivity index is 2.37. The second-order valence-electron chi connectivity index (χ2n) is 4.10. The Morgan fingerprint density at radius 1 is 1.39 bits per heavy atom. The molecule has 0 atom stereocenters. The summed E-state index contributed by atoms with van der Waals surface area (Å²) in [5, 5.41) is 12.0. The molecule has 0 fully saturated rings. The Hall–Kier alpha value is -1.62. The van der Waals surface area contributed by atoms with Crippen molar-refractivity contribution < 1.29 is 9.90 Å². The van der Waals surface area contributed by atoms with Gasteiger partial charge in [-0.1, -0.05) is 13.8 Å². The van der Waals surface area contributed by atoms with Gasteiger partial charge in [-0.25, -0.2) is 9.78 Å². The van der Waals surface area contributed by atoms with E-state index in [1.165, 1.54) is 6.07 Å². The Bertz CT molecular complexity index is 365. The van der Waals surface area contributed by atoms with Crippen LogP contribution >= 0.6 is 0 Å². The van der Waals surface area contributed by atoms with Crippen molar-refractivity contribution >= 4 is 11.7 Å². The highest BCUT2D eigenvalue weighted by Gasteiger charge is 2.04. The summed E-state index contributed by atoms with van der Waals surface area (Å²) in [7, 11) is 0. The van der Waals surface area contributed by atoms with E-state index in [2.05, 4.69) is 29.0 Å². The van der Waals surface area contributed by atoms with Gasteiger partial charge in [-0.2, -0.15) is 0 Å². The first-order chi connectivity index (χ1) is 8.67. The summed E-state index contributed by atoms with van der Waals surface area (Å²) in [5.41, 5.74) is 0.925. The Labute approximate surface area is 108 Å². The summed E-state index contributed by atoms with van der Waals surface area (Å²) in [5.74, 6) is -0.998. The van der Waals surface area contributed by atoms with Crippen LogP contribution < -0.4 is 5.32 Å². The largest absolute Gasteiger partial charge is 0.477 e. The topological polar surface area (TPSA) is 65.5 Å². The van der Waals surface area contributed by atoms with Crippen molar-refractivity contribution in [1.29, 1.82) is 0 Å². The number of pyridine rings is 1. The molecular weight excluding hydrogens is 230 g/mol. The third kappa shape index (κ3) is 4.71. The Morgan fingerprint density at radius 2 is 2.17 bits per heavy atom. The molecule has 0 spiro atoms. The molecule has 1 aromatic rings. The van der Waals surface area contributed by atoms with E-state index >= 15 is 0 Å². The van der Waals surface area contributed by atoms with Gasteiger partial charge in [-0.15, -0.1) is 0 Å². The number of carboxylic acid groups (broad SMARTS) is 1. The van der Waals surface area contributed by atoms with Crippen LogP contribution in [-0.2, 0) is 0 Å². The number of rotatable bonds is 8. The van der Waals surface area contributed by atoms with Crippen molar-refractivity contribution in [1.82, 2.24) is 9.88 Å². The molecule has 1 heterocycles. The molecule has 5 heteroatoms. The van der Waals surface area contributed by atoms with Gasteiger partial charge in [0.05, 0.1) is 11.9 Å². The lowest BCUT2D eigenvalue weighted by atomic mass is 10.3. The lowest BCUT2D eigenvalue weighted by Crippen LogP contribution is -2.29. The first kappa shape index (κ1) is 14.4. The lowest BCUT2D eigenvalue weighted by molar-refractivity contribution is 0.0690. The molecule has 2 N–H and O–H groups in total. The van der Waals surface area contributed by atoms with E-state index in [4.69, 9.17) is 5.11 Å². The van der Waals surface area contributed by atoms with Gasteiger partial charge in [0, 0.05) is 13.1 Å². The van der Waals surface area contributed by atoms with Crippen LogP contribution in [0.5, 0.6) is 0 Å². The fourth-order valence-electron chi connectivity index (χ4n) is 1.73. The number of nitrogens with one attached hydrogen (secondary N) is 1. The molecule has 0 bridgehead atoms. The van der Waals surface area contributed by atoms with Crippen molar-refractivity contribution in [2.45, 2.75) is 20.3 Å². The Morgan fingerprint density at radius 3 is 2.67 bits per heavy atom. The fourth-order valence-corrected chi connectivity index (χ4v) is 1.73. The maximum absolute atomic E-state index is 10.6. The minimum atomic E-state index is -0.998. The van der Waals surface area contributed by atoms with Crippen molar-refractivity contribution in [2.75, 3.05) is 31.5 Å². The monoisotopic (exact) mass is 251 g/mol. The first-order valence-corrected chi connectivity index (χ1v) is 6.33.